The van der Waals surface area contributed by atoms with Crippen molar-refractivity contribution < 1.29 is 17.0 Å². The van der Waals surface area contributed by atoms with Crippen molar-refractivity contribution >= 4 is 10.1 Å². The predicted octanol–water partition coefficient (Wildman–Crippen LogP) is 2.04. The molecule has 16 heavy (non-hydrogen) atoms. The van der Waals surface area contributed by atoms with Gasteiger partial charge >= 0.3 is 10.1 Å². The average molecular weight is 244 g/mol. The van der Waals surface area contributed by atoms with Crippen molar-refractivity contribution in [3.63, 3.8) is 0 Å². The summed E-state index contributed by atoms with van der Waals surface area (Å²) < 4.78 is 40.4. The number of halogens is 1. The van der Waals surface area contributed by atoms with Crippen molar-refractivity contribution in [1.82, 2.24) is 0 Å². The maximum Gasteiger partial charge on any atom is 0.306 e. The zero-order valence-corrected chi connectivity index (χ0v) is 9.81. The Morgan fingerprint density at radius 2 is 1.94 bits per heavy atom. The van der Waals surface area contributed by atoms with Crippen molar-refractivity contribution in [3.05, 3.63) is 29.1 Å². The van der Waals surface area contributed by atoms with Crippen LogP contribution in [-0.2, 0) is 23.0 Å². The van der Waals surface area contributed by atoms with E-state index in [1.165, 1.54) is 6.07 Å². The lowest BCUT2D eigenvalue weighted by atomic mass is 9.91. The molecule has 0 amide bonds. The normalized spacial score (nSPS) is 15.6. The van der Waals surface area contributed by atoms with E-state index in [0.29, 0.717) is 12.0 Å². The first-order chi connectivity index (χ1) is 7.47. The number of benzene rings is 1. The monoisotopic (exact) mass is 244 g/mol. The molecule has 1 aromatic carbocycles. The second kappa shape index (κ2) is 4.05. The third kappa shape index (κ3) is 2.35. The highest BCUT2D eigenvalue weighted by molar-refractivity contribution is 7.86. The second-order valence-corrected chi connectivity index (χ2v) is 5.58. The van der Waals surface area contributed by atoms with Crippen LogP contribution in [0.4, 0.5) is 4.39 Å². The summed E-state index contributed by atoms with van der Waals surface area (Å²) in [5.41, 5.74) is 1.57. The standard InChI is InChI=1S/C11H13FO3S/c1-16(13,14)15-10-7-6-8-4-2-3-5-9(8)11(10)12/h6-7H,2-5H2,1H3. The molecule has 0 bridgehead atoms. The molecule has 0 saturated heterocycles. The van der Waals surface area contributed by atoms with Crippen LogP contribution in [0.1, 0.15) is 24.0 Å². The molecular formula is C11H13FO3S. The zero-order chi connectivity index (χ0) is 11.8. The van der Waals surface area contributed by atoms with Crippen LogP contribution in [0.2, 0.25) is 0 Å². The van der Waals surface area contributed by atoms with Gasteiger partial charge in [-0.15, -0.1) is 0 Å². The van der Waals surface area contributed by atoms with Crippen molar-refractivity contribution in [1.29, 1.82) is 0 Å². The van der Waals surface area contributed by atoms with Gasteiger partial charge in [0.05, 0.1) is 6.26 Å². The lowest BCUT2D eigenvalue weighted by Crippen LogP contribution is -2.11. The summed E-state index contributed by atoms with van der Waals surface area (Å²) in [6.07, 6.45) is 4.41. The van der Waals surface area contributed by atoms with E-state index in [1.54, 1.807) is 6.07 Å². The molecule has 0 aliphatic heterocycles. The van der Waals surface area contributed by atoms with Crippen LogP contribution in [0.3, 0.4) is 0 Å². The Kier molecular flexibility index (Phi) is 2.88. The van der Waals surface area contributed by atoms with Crippen LogP contribution in [0.25, 0.3) is 0 Å². The van der Waals surface area contributed by atoms with E-state index in [9.17, 15) is 12.8 Å². The first kappa shape index (κ1) is 11.4. The first-order valence-corrected chi connectivity index (χ1v) is 6.99. The molecule has 0 atom stereocenters. The fourth-order valence-electron chi connectivity index (χ4n) is 1.99. The van der Waals surface area contributed by atoms with E-state index >= 15 is 0 Å². The summed E-state index contributed by atoms with van der Waals surface area (Å²) in [6.45, 7) is 0. The Labute approximate surface area is 94.4 Å². The topological polar surface area (TPSA) is 43.4 Å². The molecule has 88 valence electrons. The summed E-state index contributed by atoms with van der Waals surface area (Å²) in [7, 11) is -3.67. The minimum Gasteiger partial charge on any atom is -0.379 e. The van der Waals surface area contributed by atoms with Gasteiger partial charge in [-0.3, -0.25) is 0 Å². The van der Waals surface area contributed by atoms with Crippen LogP contribution < -0.4 is 4.18 Å². The molecule has 1 aliphatic carbocycles. The second-order valence-electron chi connectivity index (χ2n) is 4.01. The third-order valence-corrected chi connectivity index (χ3v) is 3.15. The highest BCUT2D eigenvalue weighted by atomic mass is 32.2. The van der Waals surface area contributed by atoms with Gasteiger partial charge in [0.1, 0.15) is 0 Å². The maximum atomic E-state index is 13.9. The SMILES string of the molecule is CS(=O)(=O)Oc1ccc2c(c1F)CCCC2. The van der Waals surface area contributed by atoms with E-state index in [4.69, 9.17) is 0 Å². The molecule has 0 saturated carbocycles. The minimum atomic E-state index is -3.67. The summed E-state index contributed by atoms with van der Waals surface area (Å²) in [5.74, 6) is -0.717. The Balaban J connectivity index is 2.42. The van der Waals surface area contributed by atoms with Gasteiger partial charge in [0.25, 0.3) is 0 Å². The molecule has 0 heterocycles. The molecule has 0 spiro atoms. The molecule has 5 heteroatoms. The third-order valence-electron chi connectivity index (χ3n) is 2.67. The van der Waals surface area contributed by atoms with Gasteiger partial charge in [-0.1, -0.05) is 6.07 Å². The van der Waals surface area contributed by atoms with Gasteiger partial charge in [0.15, 0.2) is 11.6 Å². The van der Waals surface area contributed by atoms with Crippen molar-refractivity contribution in [2.24, 2.45) is 0 Å². The van der Waals surface area contributed by atoms with Crippen LogP contribution >= 0.6 is 0 Å². The quantitative estimate of drug-likeness (QED) is 0.748. The van der Waals surface area contributed by atoms with Crippen molar-refractivity contribution in [2.45, 2.75) is 25.7 Å². The minimum absolute atomic E-state index is 0.192. The summed E-state index contributed by atoms with van der Waals surface area (Å²) in [6, 6.07) is 3.14. The van der Waals surface area contributed by atoms with E-state index in [-0.39, 0.29) is 5.75 Å². The molecule has 0 unspecified atom stereocenters. The number of rotatable bonds is 2. The van der Waals surface area contributed by atoms with Crippen LogP contribution in [-0.4, -0.2) is 14.7 Å². The van der Waals surface area contributed by atoms with Crippen molar-refractivity contribution in [3.8, 4) is 5.75 Å². The van der Waals surface area contributed by atoms with Gasteiger partial charge < -0.3 is 4.18 Å². The molecule has 0 radical (unpaired) electrons. The Bertz CT molecular complexity index is 508. The molecule has 1 aromatic rings. The van der Waals surface area contributed by atoms with E-state index in [2.05, 4.69) is 4.18 Å². The fraction of sp³-hybridized carbons (Fsp3) is 0.455. The molecule has 2 rings (SSSR count). The molecule has 1 aliphatic rings. The molecule has 3 nitrogen and oxygen atoms in total. The van der Waals surface area contributed by atoms with Gasteiger partial charge in [-0.05, 0) is 42.9 Å². The summed E-state index contributed by atoms with van der Waals surface area (Å²) in [5, 5.41) is 0. The lowest BCUT2D eigenvalue weighted by molar-refractivity contribution is 0.460. The maximum absolute atomic E-state index is 13.9. The zero-order valence-electron chi connectivity index (χ0n) is 8.99. The summed E-state index contributed by atoms with van der Waals surface area (Å²) in [4.78, 5) is 0. The van der Waals surface area contributed by atoms with Crippen LogP contribution in [0.5, 0.6) is 5.75 Å². The smallest absolute Gasteiger partial charge is 0.306 e. The largest absolute Gasteiger partial charge is 0.379 e. The van der Waals surface area contributed by atoms with Gasteiger partial charge in [0, 0.05) is 0 Å². The lowest BCUT2D eigenvalue weighted by Gasteiger charge is -2.17. The highest BCUT2D eigenvalue weighted by Crippen LogP contribution is 2.30. The fourth-order valence-corrected chi connectivity index (χ4v) is 2.44. The number of aryl methyl sites for hydroxylation is 1. The Morgan fingerprint density at radius 1 is 1.25 bits per heavy atom. The van der Waals surface area contributed by atoms with E-state index in [1.807, 2.05) is 0 Å². The van der Waals surface area contributed by atoms with Gasteiger partial charge in [-0.25, -0.2) is 4.39 Å². The van der Waals surface area contributed by atoms with E-state index in [0.717, 1.165) is 31.1 Å². The number of fused-ring (bicyclic) bond motifs is 1. The van der Waals surface area contributed by atoms with E-state index < -0.39 is 15.9 Å². The molecule has 0 aromatic heterocycles. The number of hydrogen-bond donors (Lipinski definition) is 0. The highest BCUT2D eigenvalue weighted by Gasteiger charge is 2.19. The Morgan fingerprint density at radius 3 is 2.62 bits per heavy atom. The first-order valence-electron chi connectivity index (χ1n) is 5.17. The predicted molar refractivity (Wildman–Crippen MR) is 58.5 cm³/mol. The molecule has 0 N–H and O–H groups in total. The summed E-state index contributed by atoms with van der Waals surface area (Å²) >= 11 is 0. The van der Waals surface area contributed by atoms with Crippen LogP contribution in [0.15, 0.2) is 12.1 Å². The average Bonchev–Trinajstić information content (AvgIpc) is 2.21. The molecule has 0 fully saturated rings. The number of hydrogen-bond acceptors (Lipinski definition) is 3. The Hall–Kier alpha value is -1.10. The van der Waals surface area contributed by atoms with Gasteiger partial charge in [0.2, 0.25) is 0 Å². The molecular weight excluding hydrogens is 231 g/mol. The van der Waals surface area contributed by atoms with Crippen molar-refractivity contribution in [2.75, 3.05) is 6.26 Å². The van der Waals surface area contributed by atoms with Crippen LogP contribution in [0, 0.1) is 5.82 Å². The van der Waals surface area contributed by atoms with Gasteiger partial charge in [-0.2, -0.15) is 8.42 Å².